The average molecular weight is 303 g/mol. The highest BCUT2D eigenvalue weighted by Crippen LogP contribution is 2.36. The zero-order valence-corrected chi connectivity index (χ0v) is 11.3. The molecule has 0 aliphatic carbocycles. The molecule has 17 heavy (non-hydrogen) atoms. The van der Waals surface area contributed by atoms with Crippen molar-refractivity contribution in [3.8, 4) is 11.5 Å². The van der Waals surface area contributed by atoms with Crippen LogP contribution < -0.4 is 20.5 Å². The van der Waals surface area contributed by atoms with E-state index < -0.39 is 0 Å². The molecular formula is C11H15BrN2O3. The Kier molecular flexibility index (Phi) is 5.24. The molecule has 0 unspecified atom stereocenters. The van der Waals surface area contributed by atoms with Gasteiger partial charge < -0.3 is 20.5 Å². The van der Waals surface area contributed by atoms with Crippen LogP contribution in [0.15, 0.2) is 16.6 Å². The van der Waals surface area contributed by atoms with Crippen LogP contribution in [0.3, 0.4) is 0 Å². The summed E-state index contributed by atoms with van der Waals surface area (Å²) in [6.07, 6.45) is 0. The third-order valence-electron chi connectivity index (χ3n) is 2.15. The van der Waals surface area contributed by atoms with Gasteiger partial charge in [-0.1, -0.05) is 0 Å². The second-order valence-corrected chi connectivity index (χ2v) is 4.13. The summed E-state index contributed by atoms with van der Waals surface area (Å²) >= 11 is 3.36. The van der Waals surface area contributed by atoms with Gasteiger partial charge >= 0.3 is 0 Å². The maximum Gasteiger partial charge on any atom is 0.257 e. The molecule has 1 aromatic rings. The van der Waals surface area contributed by atoms with E-state index >= 15 is 0 Å². The van der Waals surface area contributed by atoms with Crippen LogP contribution in [-0.4, -0.2) is 26.7 Å². The Bertz CT molecular complexity index is 410. The topological polar surface area (TPSA) is 73.6 Å². The molecule has 1 amide bonds. The van der Waals surface area contributed by atoms with Crippen molar-refractivity contribution in [3.63, 3.8) is 0 Å². The standard InChI is InChI=1S/C11H15BrN2O3/c1-14-10(15)6-17-11-8(12)3-7(5-13)4-9(11)16-2/h3-4H,5-6,13H2,1-2H3,(H,14,15). The van der Waals surface area contributed by atoms with Gasteiger partial charge in [0.05, 0.1) is 11.6 Å². The molecule has 0 atom stereocenters. The van der Waals surface area contributed by atoms with E-state index in [0.29, 0.717) is 22.5 Å². The molecule has 0 aliphatic heterocycles. The number of nitrogens with two attached hydrogens (primary N) is 1. The first-order valence-electron chi connectivity index (χ1n) is 5.02. The van der Waals surface area contributed by atoms with Crippen molar-refractivity contribution >= 4 is 21.8 Å². The summed E-state index contributed by atoms with van der Waals surface area (Å²) in [5.41, 5.74) is 6.47. The summed E-state index contributed by atoms with van der Waals surface area (Å²) < 4.78 is 11.3. The zero-order valence-electron chi connectivity index (χ0n) is 9.75. The summed E-state index contributed by atoms with van der Waals surface area (Å²) in [5, 5.41) is 2.47. The van der Waals surface area contributed by atoms with Crippen molar-refractivity contribution < 1.29 is 14.3 Å². The Hall–Kier alpha value is -1.27. The highest BCUT2D eigenvalue weighted by molar-refractivity contribution is 9.10. The number of ether oxygens (including phenoxy) is 2. The molecule has 0 aliphatic rings. The number of halogens is 1. The van der Waals surface area contributed by atoms with Crippen molar-refractivity contribution in [3.05, 3.63) is 22.2 Å². The Morgan fingerprint density at radius 1 is 1.53 bits per heavy atom. The third kappa shape index (κ3) is 3.61. The van der Waals surface area contributed by atoms with Gasteiger partial charge in [-0.3, -0.25) is 4.79 Å². The molecule has 0 bridgehead atoms. The molecule has 0 radical (unpaired) electrons. The minimum absolute atomic E-state index is 0.0621. The van der Waals surface area contributed by atoms with Crippen LogP contribution >= 0.6 is 15.9 Å². The fourth-order valence-electron chi connectivity index (χ4n) is 1.24. The van der Waals surface area contributed by atoms with Gasteiger partial charge in [-0.15, -0.1) is 0 Å². The number of hydrogen-bond donors (Lipinski definition) is 2. The molecule has 1 aromatic carbocycles. The Labute approximate surface area is 108 Å². The van der Waals surface area contributed by atoms with Crippen molar-refractivity contribution in [2.45, 2.75) is 6.54 Å². The predicted octanol–water partition coefficient (Wildman–Crippen LogP) is 1.04. The molecule has 1 rings (SSSR count). The number of nitrogens with one attached hydrogen (secondary N) is 1. The fourth-order valence-corrected chi connectivity index (χ4v) is 1.84. The van der Waals surface area contributed by atoms with Crippen molar-refractivity contribution in [2.24, 2.45) is 5.73 Å². The number of methoxy groups -OCH3 is 1. The predicted molar refractivity (Wildman–Crippen MR) is 68.1 cm³/mol. The third-order valence-corrected chi connectivity index (χ3v) is 2.74. The fraction of sp³-hybridized carbons (Fsp3) is 0.364. The lowest BCUT2D eigenvalue weighted by Crippen LogP contribution is -2.25. The summed E-state index contributed by atoms with van der Waals surface area (Å²) in [6.45, 7) is 0.345. The van der Waals surface area contributed by atoms with Crippen LogP contribution in [0.5, 0.6) is 11.5 Å². The summed E-state index contributed by atoms with van der Waals surface area (Å²) in [7, 11) is 3.09. The summed E-state index contributed by atoms with van der Waals surface area (Å²) in [5.74, 6) is 0.832. The number of benzene rings is 1. The van der Waals surface area contributed by atoms with E-state index in [4.69, 9.17) is 15.2 Å². The maximum atomic E-state index is 11.1. The Balaban J connectivity index is 2.93. The van der Waals surface area contributed by atoms with Crippen LogP contribution in [0.25, 0.3) is 0 Å². The smallest absolute Gasteiger partial charge is 0.257 e. The van der Waals surface area contributed by atoms with Crippen LogP contribution in [0, 0.1) is 0 Å². The van der Waals surface area contributed by atoms with Gasteiger partial charge in [-0.25, -0.2) is 0 Å². The van der Waals surface area contributed by atoms with Crippen molar-refractivity contribution in [1.82, 2.24) is 5.32 Å². The molecule has 0 spiro atoms. The van der Waals surface area contributed by atoms with E-state index in [1.54, 1.807) is 13.1 Å². The minimum atomic E-state index is -0.207. The lowest BCUT2D eigenvalue weighted by atomic mass is 10.2. The maximum absolute atomic E-state index is 11.1. The van der Waals surface area contributed by atoms with Gasteiger partial charge in [0, 0.05) is 13.6 Å². The van der Waals surface area contributed by atoms with Crippen LogP contribution in [0.4, 0.5) is 0 Å². The quantitative estimate of drug-likeness (QED) is 0.852. The SMILES string of the molecule is CNC(=O)COc1c(Br)cc(CN)cc1OC. The Morgan fingerprint density at radius 3 is 2.76 bits per heavy atom. The van der Waals surface area contributed by atoms with Crippen LogP contribution in [-0.2, 0) is 11.3 Å². The van der Waals surface area contributed by atoms with Crippen LogP contribution in [0.1, 0.15) is 5.56 Å². The molecule has 0 saturated heterocycles. The van der Waals surface area contributed by atoms with E-state index in [-0.39, 0.29) is 12.5 Å². The van der Waals surface area contributed by atoms with Gasteiger partial charge in [-0.2, -0.15) is 0 Å². The van der Waals surface area contributed by atoms with Crippen LogP contribution in [0.2, 0.25) is 0 Å². The average Bonchev–Trinajstić information content (AvgIpc) is 2.35. The lowest BCUT2D eigenvalue weighted by Gasteiger charge is -2.13. The molecule has 3 N–H and O–H groups in total. The molecule has 6 heteroatoms. The molecule has 94 valence electrons. The van der Waals surface area contributed by atoms with Crippen molar-refractivity contribution in [2.75, 3.05) is 20.8 Å². The molecule has 0 fully saturated rings. The van der Waals surface area contributed by atoms with E-state index in [1.807, 2.05) is 6.07 Å². The first-order valence-corrected chi connectivity index (χ1v) is 5.81. The van der Waals surface area contributed by atoms with E-state index in [2.05, 4.69) is 21.2 Å². The first-order chi connectivity index (χ1) is 8.12. The number of hydrogen-bond acceptors (Lipinski definition) is 4. The number of rotatable bonds is 5. The number of amides is 1. The van der Waals surface area contributed by atoms with Crippen molar-refractivity contribution in [1.29, 1.82) is 0 Å². The largest absolute Gasteiger partial charge is 0.493 e. The summed E-state index contributed by atoms with van der Waals surface area (Å²) in [6, 6.07) is 3.62. The van der Waals surface area contributed by atoms with Gasteiger partial charge in [0.25, 0.3) is 5.91 Å². The molecule has 0 aromatic heterocycles. The highest BCUT2D eigenvalue weighted by Gasteiger charge is 2.12. The number of likely N-dealkylation sites (N-methyl/N-ethyl adjacent to an activating group) is 1. The monoisotopic (exact) mass is 302 g/mol. The van der Waals surface area contributed by atoms with E-state index in [0.717, 1.165) is 5.56 Å². The van der Waals surface area contributed by atoms with E-state index in [1.165, 1.54) is 7.11 Å². The molecule has 5 nitrogen and oxygen atoms in total. The number of carbonyl (C=O) groups excluding carboxylic acids is 1. The summed E-state index contributed by atoms with van der Waals surface area (Å²) in [4.78, 5) is 11.1. The number of carbonyl (C=O) groups is 1. The molecule has 0 heterocycles. The second kappa shape index (κ2) is 6.46. The first kappa shape index (κ1) is 13.8. The Morgan fingerprint density at radius 2 is 2.24 bits per heavy atom. The molecular weight excluding hydrogens is 288 g/mol. The zero-order chi connectivity index (χ0) is 12.8. The van der Waals surface area contributed by atoms with Gasteiger partial charge in [0.2, 0.25) is 0 Å². The lowest BCUT2D eigenvalue weighted by molar-refractivity contribution is -0.122. The second-order valence-electron chi connectivity index (χ2n) is 3.28. The van der Waals surface area contributed by atoms with E-state index in [9.17, 15) is 4.79 Å². The molecule has 0 saturated carbocycles. The minimum Gasteiger partial charge on any atom is -0.493 e. The normalized spacial score (nSPS) is 9.88. The van der Waals surface area contributed by atoms with Gasteiger partial charge in [-0.05, 0) is 33.6 Å². The van der Waals surface area contributed by atoms with Gasteiger partial charge in [0.15, 0.2) is 18.1 Å². The highest BCUT2D eigenvalue weighted by atomic mass is 79.9. The van der Waals surface area contributed by atoms with Gasteiger partial charge in [0.1, 0.15) is 0 Å².